The molecule has 1 aromatic rings. The van der Waals surface area contributed by atoms with Crippen LogP contribution in [0.15, 0.2) is 18.2 Å². The van der Waals surface area contributed by atoms with Gasteiger partial charge >= 0.3 is 0 Å². The summed E-state index contributed by atoms with van der Waals surface area (Å²) in [6.45, 7) is 5.38. The summed E-state index contributed by atoms with van der Waals surface area (Å²) in [5, 5.41) is 11.3. The standard InChI is InChI=1S/C15H23N3O4S/c1-4-17(23(3,21)22)13-8-10-16(11-9-13)15-12(2)6-5-7-14(15)18(19)20/h5-7,13H,4,8-11H2,1-3H3. The summed E-state index contributed by atoms with van der Waals surface area (Å²) in [7, 11) is -3.22. The molecule has 0 aromatic heterocycles. The van der Waals surface area contributed by atoms with Gasteiger partial charge in [-0.15, -0.1) is 0 Å². The van der Waals surface area contributed by atoms with Crippen LogP contribution in [0.25, 0.3) is 0 Å². The number of nitrogens with zero attached hydrogens (tertiary/aromatic N) is 3. The van der Waals surface area contributed by atoms with Crippen molar-refractivity contribution in [3.63, 3.8) is 0 Å². The molecule has 0 aliphatic carbocycles. The Hall–Kier alpha value is -1.67. The quantitative estimate of drug-likeness (QED) is 0.605. The molecule has 7 nitrogen and oxygen atoms in total. The first-order valence-electron chi connectivity index (χ1n) is 7.71. The van der Waals surface area contributed by atoms with Crippen molar-refractivity contribution in [3.05, 3.63) is 33.9 Å². The van der Waals surface area contributed by atoms with Crippen molar-refractivity contribution in [1.82, 2.24) is 4.31 Å². The summed E-state index contributed by atoms with van der Waals surface area (Å²) in [6.07, 6.45) is 2.58. The van der Waals surface area contributed by atoms with Crippen LogP contribution >= 0.6 is 0 Å². The number of hydrogen-bond donors (Lipinski definition) is 0. The fourth-order valence-electron chi connectivity index (χ4n) is 3.34. The van der Waals surface area contributed by atoms with E-state index in [-0.39, 0.29) is 16.7 Å². The molecule has 1 heterocycles. The average Bonchev–Trinajstić information content (AvgIpc) is 2.47. The molecular weight excluding hydrogens is 318 g/mol. The first-order chi connectivity index (χ1) is 10.8. The van der Waals surface area contributed by atoms with Gasteiger partial charge in [0.1, 0.15) is 5.69 Å². The number of nitro groups is 1. The Kier molecular flexibility index (Phi) is 5.26. The second-order valence-electron chi connectivity index (χ2n) is 5.88. The predicted molar refractivity (Wildman–Crippen MR) is 90.3 cm³/mol. The lowest BCUT2D eigenvalue weighted by Crippen LogP contribution is -2.47. The van der Waals surface area contributed by atoms with E-state index in [0.717, 1.165) is 5.56 Å². The summed E-state index contributed by atoms with van der Waals surface area (Å²) in [5.41, 5.74) is 1.63. The maximum Gasteiger partial charge on any atom is 0.292 e. The Bertz CT molecular complexity index is 682. The van der Waals surface area contributed by atoms with Gasteiger partial charge in [0.25, 0.3) is 5.69 Å². The van der Waals surface area contributed by atoms with E-state index in [1.165, 1.54) is 16.6 Å². The van der Waals surface area contributed by atoms with E-state index in [0.29, 0.717) is 38.2 Å². The molecule has 0 amide bonds. The highest BCUT2D eigenvalue weighted by Crippen LogP contribution is 2.34. The smallest absolute Gasteiger partial charge is 0.292 e. The third kappa shape index (κ3) is 3.81. The van der Waals surface area contributed by atoms with Crippen LogP contribution < -0.4 is 4.90 Å². The van der Waals surface area contributed by atoms with Crippen molar-refractivity contribution in [1.29, 1.82) is 0 Å². The van der Waals surface area contributed by atoms with Gasteiger partial charge in [-0.05, 0) is 25.3 Å². The van der Waals surface area contributed by atoms with Gasteiger partial charge in [-0.2, -0.15) is 4.31 Å². The van der Waals surface area contributed by atoms with Gasteiger partial charge in [0.2, 0.25) is 10.0 Å². The van der Waals surface area contributed by atoms with Crippen LogP contribution in [0.2, 0.25) is 0 Å². The fourth-order valence-corrected chi connectivity index (χ4v) is 4.56. The maximum atomic E-state index is 11.8. The third-order valence-corrected chi connectivity index (χ3v) is 5.75. The molecule has 2 rings (SSSR count). The monoisotopic (exact) mass is 341 g/mol. The summed E-state index contributed by atoms with van der Waals surface area (Å²) in [6, 6.07) is 5.04. The highest BCUT2D eigenvalue weighted by Gasteiger charge is 2.31. The number of rotatable bonds is 5. The van der Waals surface area contributed by atoms with Crippen molar-refractivity contribution in [2.24, 2.45) is 0 Å². The topological polar surface area (TPSA) is 83.8 Å². The number of hydrogen-bond acceptors (Lipinski definition) is 5. The van der Waals surface area contributed by atoms with E-state index in [4.69, 9.17) is 0 Å². The zero-order chi connectivity index (χ0) is 17.2. The molecule has 0 spiro atoms. The molecule has 0 radical (unpaired) electrons. The number of para-hydroxylation sites is 1. The van der Waals surface area contributed by atoms with Crippen molar-refractivity contribution in [3.8, 4) is 0 Å². The van der Waals surface area contributed by atoms with Crippen LogP contribution in [0.3, 0.4) is 0 Å². The lowest BCUT2D eigenvalue weighted by molar-refractivity contribution is -0.384. The van der Waals surface area contributed by atoms with Crippen LogP contribution in [0.5, 0.6) is 0 Å². The Morgan fingerprint density at radius 1 is 1.35 bits per heavy atom. The molecule has 0 bridgehead atoms. The predicted octanol–water partition coefficient (Wildman–Crippen LogP) is 2.15. The van der Waals surface area contributed by atoms with Gasteiger partial charge in [0.15, 0.2) is 0 Å². The molecule has 1 aliphatic heterocycles. The summed E-state index contributed by atoms with van der Waals surface area (Å²) >= 11 is 0. The lowest BCUT2D eigenvalue weighted by atomic mass is 10.0. The largest absolute Gasteiger partial charge is 0.366 e. The molecule has 1 aliphatic rings. The van der Waals surface area contributed by atoms with Crippen LogP contribution in [-0.2, 0) is 10.0 Å². The van der Waals surface area contributed by atoms with Crippen LogP contribution in [0.1, 0.15) is 25.3 Å². The summed E-state index contributed by atoms with van der Waals surface area (Å²) < 4.78 is 25.2. The molecule has 0 atom stereocenters. The SMILES string of the molecule is CCN(C1CCN(c2c(C)cccc2[N+](=O)[O-])CC1)S(C)(=O)=O. The molecule has 1 fully saturated rings. The maximum absolute atomic E-state index is 11.8. The van der Waals surface area contributed by atoms with Crippen molar-refractivity contribution < 1.29 is 13.3 Å². The molecule has 0 N–H and O–H groups in total. The summed E-state index contributed by atoms with van der Waals surface area (Å²) in [5.74, 6) is 0. The van der Waals surface area contributed by atoms with E-state index in [9.17, 15) is 18.5 Å². The Balaban J connectivity index is 2.19. The minimum Gasteiger partial charge on any atom is -0.366 e. The Morgan fingerprint density at radius 3 is 2.43 bits per heavy atom. The zero-order valence-electron chi connectivity index (χ0n) is 13.7. The first kappa shape index (κ1) is 17.7. The number of sulfonamides is 1. The highest BCUT2D eigenvalue weighted by molar-refractivity contribution is 7.88. The third-order valence-electron chi connectivity index (χ3n) is 4.34. The number of aryl methyl sites for hydroxylation is 1. The Labute approximate surface area is 137 Å². The number of nitro benzene ring substituents is 1. The van der Waals surface area contributed by atoms with Gasteiger partial charge < -0.3 is 4.90 Å². The highest BCUT2D eigenvalue weighted by atomic mass is 32.2. The molecular formula is C15H23N3O4S. The van der Waals surface area contributed by atoms with Crippen LogP contribution in [-0.4, -0.2) is 49.6 Å². The van der Waals surface area contributed by atoms with E-state index in [1.807, 2.05) is 24.8 Å². The lowest BCUT2D eigenvalue weighted by Gasteiger charge is -2.38. The van der Waals surface area contributed by atoms with Gasteiger partial charge in [0, 0.05) is 31.7 Å². The second-order valence-corrected chi connectivity index (χ2v) is 7.82. The van der Waals surface area contributed by atoms with Crippen molar-refractivity contribution in [2.75, 3.05) is 30.8 Å². The van der Waals surface area contributed by atoms with Crippen molar-refractivity contribution >= 4 is 21.4 Å². The molecule has 8 heteroatoms. The minimum atomic E-state index is -3.22. The van der Waals surface area contributed by atoms with E-state index < -0.39 is 10.0 Å². The van der Waals surface area contributed by atoms with Gasteiger partial charge in [-0.1, -0.05) is 19.1 Å². The van der Waals surface area contributed by atoms with Gasteiger partial charge in [0.05, 0.1) is 11.2 Å². The molecule has 1 saturated heterocycles. The van der Waals surface area contributed by atoms with Crippen LogP contribution in [0.4, 0.5) is 11.4 Å². The van der Waals surface area contributed by atoms with E-state index in [1.54, 1.807) is 6.07 Å². The second kappa shape index (κ2) is 6.84. The van der Waals surface area contributed by atoms with Crippen LogP contribution in [0, 0.1) is 17.0 Å². The van der Waals surface area contributed by atoms with E-state index >= 15 is 0 Å². The first-order valence-corrected chi connectivity index (χ1v) is 9.56. The molecule has 1 aromatic carbocycles. The Morgan fingerprint density at radius 2 is 1.96 bits per heavy atom. The van der Waals surface area contributed by atoms with E-state index in [2.05, 4.69) is 0 Å². The molecule has 128 valence electrons. The normalized spacial score (nSPS) is 16.8. The molecule has 0 unspecified atom stereocenters. The zero-order valence-corrected chi connectivity index (χ0v) is 14.5. The average molecular weight is 341 g/mol. The van der Waals surface area contributed by atoms with Gasteiger partial charge in [-0.25, -0.2) is 8.42 Å². The molecule has 0 saturated carbocycles. The number of anilines is 1. The fraction of sp³-hybridized carbons (Fsp3) is 0.600. The molecule has 23 heavy (non-hydrogen) atoms. The minimum absolute atomic E-state index is 0.0330. The van der Waals surface area contributed by atoms with Crippen molar-refractivity contribution in [2.45, 2.75) is 32.7 Å². The summed E-state index contributed by atoms with van der Waals surface area (Å²) in [4.78, 5) is 12.9. The van der Waals surface area contributed by atoms with Gasteiger partial charge in [-0.3, -0.25) is 10.1 Å². The number of benzene rings is 1. The number of piperidine rings is 1.